The van der Waals surface area contributed by atoms with Crippen LogP contribution in [0.4, 0.5) is 0 Å². The molecule has 0 radical (unpaired) electrons. The maximum Gasteiger partial charge on any atom is 0.236 e. The smallest absolute Gasteiger partial charge is 0.236 e. The first-order chi connectivity index (χ1) is 8.68. The molecule has 1 aromatic rings. The van der Waals surface area contributed by atoms with Crippen LogP contribution in [0.1, 0.15) is 18.9 Å². The number of benzene rings is 1. The number of fused-ring (bicyclic) bond motifs is 1. The maximum absolute atomic E-state index is 11.4. The van der Waals surface area contributed by atoms with E-state index in [1.54, 1.807) is 6.92 Å². The van der Waals surface area contributed by atoms with E-state index in [4.69, 9.17) is 15.2 Å². The molecular formula is C13H18N2O3. The average Bonchev–Trinajstić information content (AvgIpc) is 2.61. The first-order valence-corrected chi connectivity index (χ1v) is 6.09. The quantitative estimate of drug-likeness (QED) is 0.832. The number of para-hydroxylation sites is 1. The van der Waals surface area contributed by atoms with E-state index in [-0.39, 0.29) is 5.91 Å². The maximum atomic E-state index is 11.4. The Morgan fingerprint density at radius 2 is 2.22 bits per heavy atom. The largest absolute Gasteiger partial charge is 0.490 e. The molecule has 0 saturated carbocycles. The van der Waals surface area contributed by atoms with E-state index in [1.807, 2.05) is 18.2 Å². The molecule has 98 valence electrons. The third kappa shape index (κ3) is 2.92. The molecule has 1 aromatic carbocycles. The van der Waals surface area contributed by atoms with Crippen LogP contribution in [-0.2, 0) is 11.3 Å². The van der Waals surface area contributed by atoms with Gasteiger partial charge >= 0.3 is 0 Å². The van der Waals surface area contributed by atoms with E-state index in [9.17, 15) is 4.79 Å². The first-order valence-electron chi connectivity index (χ1n) is 6.09. The van der Waals surface area contributed by atoms with Gasteiger partial charge in [0.1, 0.15) is 0 Å². The van der Waals surface area contributed by atoms with E-state index >= 15 is 0 Å². The zero-order valence-electron chi connectivity index (χ0n) is 10.4. The van der Waals surface area contributed by atoms with Gasteiger partial charge in [0.2, 0.25) is 5.91 Å². The van der Waals surface area contributed by atoms with Crippen molar-refractivity contribution < 1.29 is 14.3 Å². The molecule has 1 aliphatic heterocycles. The summed E-state index contributed by atoms with van der Waals surface area (Å²) in [5.41, 5.74) is 6.40. The standard InChI is InChI=1S/C13H18N2O3/c1-9(14)13(16)15-8-10-4-2-5-11-12(10)18-7-3-6-17-11/h2,4-5,9H,3,6-8,14H2,1H3,(H,15,16). The summed E-state index contributed by atoms with van der Waals surface area (Å²) < 4.78 is 11.2. The van der Waals surface area contributed by atoms with Gasteiger partial charge in [-0.3, -0.25) is 4.79 Å². The fraction of sp³-hybridized carbons (Fsp3) is 0.462. The predicted octanol–water partition coefficient (Wildman–Crippen LogP) is 0.811. The molecule has 1 amide bonds. The number of nitrogens with one attached hydrogen (secondary N) is 1. The predicted molar refractivity (Wildman–Crippen MR) is 67.5 cm³/mol. The molecule has 1 aliphatic rings. The van der Waals surface area contributed by atoms with Gasteiger partial charge < -0.3 is 20.5 Å². The summed E-state index contributed by atoms with van der Waals surface area (Å²) in [6, 6.07) is 5.16. The van der Waals surface area contributed by atoms with Crippen LogP contribution in [0.25, 0.3) is 0 Å². The van der Waals surface area contributed by atoms with Gasteiger partial charge in [0.15, 0.2) is 11.5 Å². The van der Waals surface area contributed by atoms with Crippen molar-refractivity contribution in [3.05, 3.63) is 23.8 Å². The normalized spacial score (nSPS) is 15.7. The molecule has 0 saturated heterocycles. The molecule has 0 aliphatic carbocycles. The van der Waals surface area contributed by atoms with E-state index in [1.165, 1.54) is 0 Å². The van der Waals surface area contributed by atoms with Crippen LogP contribution in [0.2, 0.25) is 0 Å². The Morgan fingerprint density at radius 1 is 1.44 bits per heavy atom. The van der Waals surface area contributed by atoms with Gasteiger partial charge in [-0.05, 0) is 13.0 Å². The van der Waals surface area contributed by atoms with Crippen molar-refractivity contribution >= 4 is 5.91 Å². The number of carbonyl (C=O) groups is 1. The van der Waals surface area contributed by atoms with Gasteiger partial charge in [-0.2, -0.15) is 0 Å². The number of hydrogen-bond acceptors (Lipinski definition) is 4. The highest BCUT2D eigenvalue weighted by molar-refractivity contribution is 5.81. The lowest BCUT2D eigenvalue weighted by molar-refractivity contribution is -0.122. The van der Waals surface area contributed by atoms with Crippen LogP contribution in [0.15, 0.2) is 18.2 Å². The summed E-state index contributed by atoms with van der Waals surface area (Å²) in [6.07, 6.45) is 0.861. The van der Waals surface area contributed by atoms with Crippen LogP contribution in [0.5, 0.6) is 11.5 Å². The molecule has 0 bridgehead atoms. The second kappa shape index (κ2) is 5.73. The molecule has 0 spiro atoms. The van der Waals surface area contributed by atoms with Gasteiger partial charge in [-0.1, -0.05) is 12.1 Å². The highest BCUT2D eigenvalue weighted by atomic mass is 16.5. The number of nitrogens with two attached hydrogens (primary N) is 1. The van der Waals surface area contributed by atoms with E-state index < -0.39 is 6.04 Å². The molecule has 18 heavy (non-hydrogen) atoms. The molecule has 5 heteroatoms. The summed E-state index contributed by atoms with van der Waals surface area (Å²) in [7, 11) is 0. The lowest BCUT2D eigenvalue weighted by Crippen LogP contribution is -2.37. The molecule has 1 atom stereocenters. The first kappa shape index (κ1) is 12.7. The van der Waals surface area contributed by atoms with Gasteiger partial charge in [-0.15, -0.1) is 0 Å². The highest BCUT2D eigenvalue weighted by Gasteiger charge is 2.15. The lowest BCUT2D eigenvalue weighted by Gasteiger charge is -2.13. The second-order valence-corrected chi connectivity index (χ2v) is 4.30. The summed E-state index contributed by atoms with van der Waals surface area (Å²) in [4.78, 5) is 11.4. The number of hydrogen-bond donors (Lipinski definition) is 2. The number of amides is 1. The SMILES string of the molecule is CC(N)C(=O)NCc1cccc2c1OCCCO2. The van der Waals surface area contributed by atoms with Crippen LogP contribution in [0.3, 0.4) is 0 Å². The Bertz CT molecular complexity index is 432. The van der Waals surface area contributed by atoms with Gasteiger partial charge in [0, 0.05) is 18.5 Å². The van der Waals surface area contributed by atoms with E-state index in [0.717, 1.165) is 23.5 Å². The topological polar surface area (TPSA) is 73.6 Å². The van der Waals surface area contributed by atoms with Crippen molar-refractivity contribution in [1.29, 1.82) is 0 Å². The summed E-state index contributed by atoms with van der Waals surface area (Å²) >= 11 is 0. The molecular weight excluding hydrogens is 232 g/mol. The highest BCUT2D eigenvalue weighted by Crippen LogP contribution is 2.33. The zero-order valence-corrected chi connectivity index (χ0v) is 10.4. The lowest BCUT2D eigenvalue weighted by atomic mass is 10.1. The van der Waals surface area contributed by atoms with Crippen molar-refractivity contribution in [3.63, 3.8) is 0 Å². The van der Waals surface area contributed by atoms with E-state index in [2.05, 4.69) is 5.32 Å². The van der Waals surface area contributed by atoms with Gasteiger partial charge in [0.05, 0.1) is 19.3 Å². The Morgan fingerprint density at radius 3 is 3.00 bits per heavy atom. The minimum absolute atomic E-state index is 0.179. The summed E-state index contributed by atoms with van der Waals surface area (Å²) in [5, 5.41) is 2.77. The summed E-state index contributed by atoms with van der Waals surface area (Å²) in [5.74, 6) is 1.28. The number of ether oxygens (including phenoxy) is 2. The molecule has 3 N–H and O–H groups in total. The van der Waals surface area contributed by atoms with E-state index in [0.29, 0.717) is 19.8 Å². The van der Waals surface area contributed by atoms with Crippen molar-refractivity contribution in [3.8, 4) is 11.5 Å². The van der Waals surface area contributed by atoms with Crippen molar-refractivity contribution in [2.45, 2.75) is 25.9 Å². The average molecular weight is 250 g/mol. The minimum atomic E-state index is -0.510. The second-order valence-electron chi connectivity index (χ2n) is 4.30. The van der Waals surface area contributed by atoms with Crippen LogP contribution >= 0.6 is 0 Å². The number of carbonyl (C=O) groups excluding carboxylic acids is 1. The van der Waals surface area contributed by atoms with Crippen LogP contribution < -0.4 is 20.5 Å². The number of rotatable bonds is 3. The third-order valence-corrected chi connectivity index (χ3v) is 2.72. The molecule has 5 nitrogen and oxygen atoms in total. The fourth-order valence-electron chi connectivity index (χ4n) is 1.74. The zero-order chi connectivity index (χ0) is 13.0. The van der Waals surface area contributed by atoms with Crippen molar-refractivity contribution in [2.24, 2.45) is 5.73 Å². The van der Waals surface area contributed by atoms with Gasteiger partial charge in [-0.25, -0.2) is 0 Å². The van der Waals surface area contributed by atoms with Gasteiger partial charge in [0.25, 0.3) is 0 Å². The summed E-state index contributed by atoms with van der Waals surface area (Å²) in [6.45, 7) is 3.33. The van der Waals surface area contributed by atoms with Crippen LogP contribution in [-0.4, -0.2) is 25.2 Å². The van der Waals surface area contributed by atoms with Crippen molar-refractivity contribution in [2.75, 3.05) is 13.2 Å². The molecule has 2 rings (SSSR count). The Hall–Kier alpha value is -1.75. The van der Waals surface area contributed by atoms with Crippen molar-refractivity contribution in [1.82, 2.24) is 5.32 Å². The molecule has 0 aromatic heterocycles. The van der Waals surface area contributed by atoms with Crippen LogP contribution in [0, 0.1) is 0 Å². The Kier molecular flexibility index (Phi) is 4.04. The monoisotopic (exact) mass is 250 g/mol. The fourth-order valence-corrected chi connectivity index (χ4v) is 1.74. The Balaban J connectivity index is 2.11. The molecule has 1 unspecified atom stereocenters. The third-order valence-electron chi connectivity index (χ3n) is 2.72. The minimum Gasteiger partial charge on any atom is -0.490 e. The molecule has 0 fully saturated rings. The Labute approximate surface area is 106 Å². The molecule has 1 heterocycles.